The Balaban J connectivity index is 1.77. The minimum Gasteiger partial charge on any atom is -0.469 e. The first-order valence-electron chi connectivity index (χ1n) is 7.84. The van der Waals surface area contributed by atoms with Crippen LogP contribution in [0.25, 0.3) is 0 Å². The van der Waals surface area contributed by atoms with Gasteiger partial charge in [0.1, 0.15) is 0 Å². The lowest BCUT2D eigenvalue weighted by Gasteiger charge is -2.30. The summed E-state index contributed by atoms with van der Waals surface area (Å²) < 4.78 is 4.77. The van der Waals surface area contributed by atoms with Crippen LogP contribution < -0.4 is 5.32 Å². The Morgan fingerprint density at radius 3 is 2.48 bits per heavy atom. The summed E-state index contributed by atoms with van der Waals surface area (Å²) in [7, 11) is 1.42. The number of halogens is 1. The van der Waals surface area contributed by atoms with Crippen LogP contribution >= 0.6 is 11.6 Å². The van der Waals surface area contributed by atoms with Crippen LogP contribution in [0, 0.1) is 5.92 Å². The van der Waals surface area contributed by atoms with Crippen molar-refractivity contribution in [3.63, 3.8) is 0 Å². The van der Waals surface area contributed by atoms with Crippen molar-refractivity contribution < 1.29 is 14.3 Å². The van der Waals surface area contributed by atoms with Gasteiger partial charge >= 0.3 is 5.97 Å². The van der Waals surface area contributed by atoms with Crippen LogP contribution in [0.5, 0.6) is 0 Å². The summed E-state index contributed by atoms with van der Waals surface area (Å²) in [6.07, 6.45) is 1.49. The van der Waals surface area contributed by atoms with Gasteiger partial charge in [-0.3, -0.25) is 14.5 Å². The molecule has 1 atom stereocenters. The molecule has 1 fully saturated rings. The number of carbonyl (C=O) groups is 2. The molecule has 1 saturated heterocycles. The summed E-state index contributed by atoms with van der Waals surface area (Å²) in [5.74, 6) is -0.193. The quantitative estimate of drug-likeness (QED) is 0.838. The first-order chi connectivity index (χ1) is 11.0. The van der Waals surface area contributed by atoms with Crippen LogP contribution in [-0.4, -0.2) is 43.5 Å². The number of methoxy groups -OCH3 is 1. The average molecular weight is 339 g/mol. The van der Waals surface area contributed by atoms with Crippen molar-refractivity contribution in [1.82, 2.24) is 10.2 Å². The highest BCUT2D eigenvalue weighted by molar-refractivity contribution is 6.30. The topological polar surface area (TPSA) is 58.6 Å². The molecule has 1 amide bonds. The molecule has 0 unspecified atom stereocenters. The molecule has 0 spiro atoms. The van der Waals surface area contributed by atoms with E-state index in [0.29, 0.717) is 11.6 Å². The van der Waals surface area contributed by atoms with E-state index in [4.69, 9.17) is 16.3 Å². The third-order valence-corrected chi connectivity index (χ3v) is 4.49. The second-order valence-electron chi connectivity index (χ2n) is 5.91. The van der Waals surface area contributed by atoms with Gasteiger partial charge in [0.15, 0.2) is 0 Å². The molecule has 1 aromatic rings. The van der Waals surface area contributed by atoms with Crippen molar-refractivity contribution in [3.8, 4) is 0 Å². The average Bonchev–Trinajstić information content (AvgIpc) is 2.55. The minimum atomic E-state index is -0.148. The van der Waals surface area contributed by atoms with Gasteiger partial charge in [-0.05, 0) is 50.6 Å². The predicted molar refractivity (Wildman–Crippen MR) is 89.2 cm³/mol. The van der Waals surface area contributed by atoms with E-state index in [0.717, 1.165) is 31.5 Å². The van der Waals surface area contributed by atoms with Crippen LogP contribution in [0.1, 0.15) is 31.4 Å². The predicted octanol–water partition coefficient (Wildman–Crippen LogP) is 2.40. The summed E-state index contributed by atoms with van der Waals surface area (Å²) >= 11 is 5.87. The fourth-order valence-corrected chi connectivity index (χ4v) is 2.94. The molecule has 126 valence electrons. The Labute approximate surface area is 141 Å². The van der Waals surface area contributed by atoms with Gasteiger partial charge < -0.3 is 10.1 Å². The van der Waals surface area contributed by atoms with Crippen molar-refractivity contribution in [1.29, 1.82) is 0 Å². The Morgan fingerprint density at radius 2 is 1.91 bits per heavy atom. The van der Waals surface area contributed by atoms with Gasteiger partial charge in [-0.25, -0.2) is 0 Å². The van der Waals surface area contributed by atoms with Gasteiger partial charge in [-0.1, -0.05) is 23.7 Å². The molecule has 0 bridgehead atoms. The number of ether oxygens (including phenoxy) is 1. The Hall–Kier alpha value is -1.59. The Kier molecular flexibility index (Phi) is 6.42. The van der Waals surface area contributed by atoms with Crippen molar-refractivity contribution in [2.45, 2.75) is 25.8 Å². The molecule has 1 aromatic carbocycles. The SMILES string of the molecule is COC(=O)C1CCN(CC(=O)N[C@@H](C)c2ccc(Cl)cc2)CC1. The minimum absolute atomic E-state index is 0.0102. The summed E-state index contributed by atoms with van der Waals surface area (Å²) in [6.45, 7) is 3.78. The van der Waals surface area contributed by atoms with Gasteiger partial charge in [-0.2, -0.15) is 0 Å². The number of rotatable bonds is 5. The van der Waals surface area contributed by atoms with Crippen LogP contribution in [0.3, 0.4) is 0 Å². The third kappa shape index (κ3) is 5.22. The maximum Gasteiger partial charge on any atom is 0.308 e. The number of nitrogens with zero attached hydrogens (tertiary/aromatic N) is 1. The van der Waals surface area contributed by atoms with Crippen molar-refractivity contribution in [3.05, 3.63) is 34.9 Å². The molecule has 0 radical (unpaired) electrons. The first-order valence-corrected chi connectivity index (χ1v) is 8.22. The third-order valence-electron chi connectivity index (χ3n) is 4.24. The Bertz CT molecular complexity index is 539. The maximum absolute atomic E-state index is 12.2. The second-order valence-corrected chi connectivity index (χ2v) is 6.35. The number of nitrogens with one attached hydrogen (secondary N) is 1. The summed E-state index contributed by atoms with van der Waals surface area (Å²) in [5, 5.41) is 3.67. The molecule has 5 nitrogen and oxygen atoms in total. The lowest BCUT2D eigenvalue weighted by molar-refractivity contribution is -0.147. The number of esters is 1. The van der Waals surface area contributed by atoms with E-state index in [-0.39, 0.29) is 23.8 Å². The summed E-state index contributed by atoms with van der Waals surface area (Å²) in [6, 6.07) is 7.39. The van der Waals surface area contributed by atoms with Crippen molar-refractivity contribution in [2.24, 2.45) is 5.92 Å². The molecule has 1 N–H and O–H groups in total. The van der Waals surface area contributed by atoms with E-state index in [2.05, 4.69) is 10.2 Å². The molecule has 0 saturated carbocycles. The molecule has 0 aliphatic carbocycles. The molecule has 2 rings (SSSR count). The van der Waals surface area contributed by atoms with E-state index in [1.807, 2.05) is 31.2 Å². The van der Waals surface area contributed by atoms with Gasteiger partial charge in [0.2, 0.25) is 5.91 Å². The van der Waals surface area contributed by atoms with E-state index < -0.39 is 0 Å². The van der Waals surface area contributed by atoms with Gasteiger partial charge in [0, 0.05) is 5.02 Å². The molecular weight excluding hydrogens is 316 g/mol. The van der Waals surface area contributed by atoms with Gasteiger partial charge in [-0.15, -0.1) is 0 Å². The van der Waals surface area contributed by atoms with Gasteiger partial charge in [0.05, 0.1) is 25.6 Å². The summed E-state index contributed by atoms with van der Waals surface area (Å²) in [4.78, 5) is 25.7. The second kappa shape index (κ2) is 8.31. The zero-order chi connectivity index (χ0) is 16.8. The van der Waals surface area contributed by atoms with E-state index in [1.165, 1.54) is 7.11 Å². The molecular formula is C17H23ClN2O3. The highest BCUT2D eigenvalue weighted by atomic mass is 35.5. The Morgan fingerprint density at radius 1 is 1.30 bits per heavy atom. The lowest BCUT2D eigenvalue weighted by atomic mass is 9.97. The number of hydrogen-bond donors (Lipinski definition) is 1. The van der Waals surface area contributed by atoms with Crippen molar-refractivity contribution in [2.75, 3.05) is 26.7 Å². The standard InChI is InChI=1S/C17H23ClN2O3/c1-12(13-3-5-15(18)6-4-13)19-16(21)11-20-9-7-14(8-10-20)17(22)23-2/h3-6,12,14H,7-11H2,1-2H3,(H,19,21)/t12-/m0/s1. The van der Waals surface area contributed by atoms with E-state index in [1.54, 1.807) is 0 Å². The monoisotopic (exact) mass is 338 g/mol. The number of benzene rings is 1. The fraction of sp³-hybridized carbons (Fsp3) is 0.529. The van der Waals surface area contributed by atoms with Crippen LogP contribution in [0.4, 0.5) is 0 Å². The molecule has 0 aromatic heterocycles. The number of piperidine rings is 1. The van der Waals surface area contributed by atoms with Crippen LogP contribution in [0.2, 0.25) is 5.02 Å². The smallest absolute Gasteiger partial charge is 0.308 e. The number of likely N-dealkylation sites (tertiary alicyclic amines) is 1. The largest absolute Gasteiger partial charge is 0.469 e. The highest BCUT2D eigenvalue weighted by Gasteiger charge is 2.26. The summed E-state index contributed by atoms with van der Waals surface area (Å²) in [5.41, 5.74) is 1.02. The molecule has 6 heteroatoms. The maximum atomic E-state index is 12.2. The van der Waals surface area contributed by atoms with Crippen LogP contribution in [-0.2, 0) is 14.3 Å². The number of carbonyl (C=O) groups excluding carboxylic acids is 2. The molecule has 1 aliphatic heterocycles. The molecule has 23 heavy (non-hydrogen) atoms. The van der Waals surface area contributed by atoms with E-state index >= 15 is 0 Å². The first kappa shape index (κ1) is 17.8. The zero-order valence-electron chi connectivity index (χ0n) is 13.5. The van der Waals surface area contributed by atoms with Crippen molar-refractivity contribution >= 4 is 23.5 Å². The van der Waals surface area contributed by atoms with Gasteiger partial charge in [0.25, 0.3) is 0 Å². The number of amides is 1. The molecule has 1 heterocycles. The lowest BCUT2D eigenvalue weighted by Crippen LogP contribution is -2.43. The highest BCUT2D eigenvalue weighted by Crippen LogP contribution is 2.19. The van der Waals surface area contributed by atoms with E-state index in [9.17, 15) is 9.59 Å². The zero-order valence-corrected chi connectivity index (χ0v) is 14.3. The molecule has 1 aliphatic rings. The number of hydrogen-bond acceptors (Lipinski definition) is 4. The fourth-order valence-electron chi connectivity index (χ4n) is 2.82. The normalized spacial score (nSPS) is 17.5. The van der Waals surface area contributed by atoms with Crippen LogP contribution in [0.15, 0.2) is 24.3 Å².